The fourth-order valence-electron chi connectivity index (χ4n) is 0.828. The molecule has 1 aromatic heterocycles. The van der Waals surface area contributed by atoms with Gasteiger partial charge in [-0.2, -0.15) is 5.10 Å². The summed E-state index contributed by atoms with van der Waals surface area (Å²) in [7, 11) is 3.38. The van der Waals surface area contributed by atoms with E-state index >= 15 is 0 Å². The third kappa shape index (κ3) is 3.33. The Morgan fingerprint density at radius 3 is 3.08 bits per heavy atom. The first-order valence-corrected chi connectivity index (χ1v) is 4.86. The average Bonchev–Trinajstić information content (AvgIpc) is 2.48. The van der Waals surface area contributed by atoms with Crippen LogP contribution in [0.5, 0.6) is 0 Å². The fraction of sp³-hybridized carbons (Fsp3) is 0.714. The van der Waals surface area contributed by atoms with E-state index < -0.39 is 6.10 Å². The standard InChI is InChI=1S/C7H13N3O2S/c1-10-7(8-5-9-10)13-4-6(11)3-12-2/h5-6,11H,3-4H2,1-2H3. The molecule has 5 nitrogen and oxygen atoms in total. The highest BCUT2D eigenvalue weighted by atomic mass is 32.2. The molecule has 1 heterocycles. The van der Waals surface area contributed by atoms with Gasteiger partial charge in [0.15, 0.2) is 5.16 Å². The minimum atomic E-state index is -0.452. The summed E-state index contributed by atoms with van der Waals surface area (Å²) in [5, 5.41) is 14.0. The Morgan fingerprint density at radius 2 is 2.54 bits per heavy atom. The summed E-state index contributed by atoms with van der Waals surface area (Å²) in [6.45, 7) is 0.352. The Labute approximate surface area is 81.1 Å². The number of rotatable bonds is 5. The van der Waals surface area contributed by atoms with Gasteiger partial charge in [-0.25, -0.2) is 9.67 Å². The number of nitrogens with zero attached hydrogens (tertiary/aromatic N) is 3. The van der Waals surface area contributed by atoms with Gasteiger partial charge in [-0.3, -0.25) is 0 Å². The lowest BCUT2D eigenvalue weighted by atomic mass is 10.4. The molecule has 13 heavy (non-hydrogen) atoms. The molecule has 0 radical (unpaired) electrons. The van der Waals surface area contributed by atoms with Gasteiger partial charge in [0.1, 0.15) is 6.33 Å². The first-order valence-electron chi connectivity index (χ1n) is 3.88. The van der Waals surface area contributed by atoms with Crippen LogP contribution in [0, 0.1) is 0 Å². The maximum atomic E-state index is 9.34. The van der Waals surface area contributed by atoms with Gasteiger partial charge in [-0.1, -0.05) is 11.8 Å². The zero-order valence-electron chi connectivity index (χ0n) is 7.67. The van der Waals surface area contributed by atoms with Crippen LogP contribution in [0.15, 0.2) is 11.5 Å². The van der Waals surface area contributed by atoms with Gasteiger partial charge >= 0.3 is 0 Å². The lowest BCUT2D eigenvalue weighted by Crippen LogP contribution is -2.16. The molecule has 0 amide bonds. The topological polar surface area (TPSA) is 60.2 Å². The van der Waals surface area contributed by atoms with E-state index in [0.717, 1.165) is 5.16 Å². The molecule has 0 spiro atoms. The SMILES string of the molecule is COCC(O)CSc1ncnn1C. The number of aliphatic hydroxyl groups excluding tert-OH is 1. The fourth-order valence-corrected chi connectivity index (χ4v) is 1.62. The quantitative estimate of drug-likeness (QED) is 0.678. The van der Waals surface area contributed by atoms with E-state index in [1.807, 2.05) is 7.05 Å². The summed E-state index contributed by atoms with van der Waals surface area (Å²) >= 11 is 1.46. The van der Waals surface area contributed by atoms with E-state index in [1.54, 1.807) is 11.8 Å². The first-order chi connectivity index (χ1) is 6.24. The summed E-state index contributed by atoms with van der Waals surface area (Å²) in [5.41, 5.74) is 0. The molecule has 74 valence electrons. The molecule has 0 aliphatic carbocycles. The predicted molar refractivity (Wildman–Crippen MR) is 49.6 cm³/mol. The maximum absolute atomic E-state index is 9.34. The van der Waals surface area contributed by atoms with Crippen LogP contribution in [0.2, 0.25) is 0 Å². The molecule has 0 bridgehead atoms. The number of aryl methyl sites for hydroxylation is 1. The smallest absolute Gasteiger partial charge is 0.185 e. The van der Waals surface area contributed by atoms with Crippen molar-refractivity contribution in [2.75, 3.05) is 19.5 Å². The van der Waals surface area contributed by atoms with Crippen molar-refractivity contribution < 1.29 is 9.84 Å². The molecule has 0 saturated carbocycles. The molecule has 1 aromatic rings. The maximum Gasteiger partial charge on any atom is 0.185 e. The molecular weight excluding hydrogens is 190 g/mol. The first kappa shape index (κ1) is 10.5. The van der Waals surface area contributed by atoms with Crippen LogP contribution in [0.25, 0.3) is 0 Å². The third-order valence-corrected chi connectivity index (χ3v) is 2.61. The number of aliphatic hydroxyl groups is 1. The van der Waals surface area contributed by atoms with Crippen molar-refractivity contribution in [2.24, 2.45) is 7.05 Å². The van der Waals surface area contributed by atoms with E-state index in [4.69, 9.17) is 4.74 Å². The lowest BCUT2D eigenvalue weighted by Gasteiger charge is -2.07. The highest BCUT2D eigenvalue weighted by molar-refractivity contribution is 7.99. The second kappa shape index (κ2) is 5.21. The predicted octanol–water partition coefficient (Wildman–Crippen LogP) is -0.0855. The highest BCUT2D eigenvalue weighted by Crippen LogP contribution is 2.14. The molecule has 0 saturated heterocycles. The van der Waals surface area contributed by atoms with Crippen molar-refractivity contribution in [3.63, 3.8) is 0 Å². The number of methoxy groups -OCH3 is 1. The van der Waals surface area contributed by atoms with Crippen molar-refractivity contribution in [1.82, 2.24) is 14.8 Å². The number of ether oxygens (including phenoxy) is 1. The molecule has 0 aliphatic rings. The molecule has 1 unspecified atom stereocenters. The van der Waals surface area contributed by atoms with Crippen molar-refractivity contribution >= 4 is 11.8 Å². The minimum absolute atomic E-state index is 0.352. The summed E-state index contributed by atoms with van der Waals surface area (Å²) in [6.07, 6.45) is 1.04. The number of thioether (sulfide) groups is 1. The summed E-state index contributed by atoms with van der Waals surface area (Å²) in [5.74, 6) is 0.570. The van der Waals surface area contributed by atoms with Crippen LogP contribution in [0.3, 0.4) is 0 Å². The summed E-state index contributed by atoms with van der Waals surface area (Å²) in [4.78, 5) is 4.01. The minimum Gasteiger partial charge on any atom is -0.390 e. The van der Waals surface area contributed by atoms with Crippen LogP contribution in [-0.4, -0.2) is 45.4 Å². The number of hydrogen-bond acceptors (Lipinski definition) is 5. The van der Waals surface area contributed by atoms with Crippen LogP contribution in [0.1, 0.15) is 0 Å². The average molecular weight is 203 g/mol. The van der Waals surface area contributed by atoms with Gasteiger partial charge in [-0.15, -0.1) is 0 Å². The van der Waals surface area contributed by atoms with Crippen molar-refractivity contribution in [3.8, 4) is 0 Å². The summed E-state index contributed by atoms with van der Waals surface area (Å²) in [6, 6.07) is 0. The Kier molecular flexibility index (Phi) is 4.20. The van der Waals surface area contributed by atoms with E-state index in [9.17, 15) is 5.11 Å². The monoisotopic (exact) mass is 203 g/mol. The Morgan fingerprint density at radius 1 is 1.77 bits per heavy atom. The molecule has 0 fully saturated rings. The van der Waals surface area contributed by atoms with E-state index in [1.165, 1.54) is 18.1 Å². The molecule has 1 atom stereocenters. The van der Waals surface area contributed by atoms with Gasteiger partial charge < -0.3 is 9.84 Å². The van der Waals surface area contributed by atoms with E-state index in [2.05, 4.69) is 10.1 Å². The summed E-state index contributed by atoms with van der Waals surface area (Å²) < 4.78 is 6.47. The molecule has 1 rings (SSSR count). The third-order valence-electron chi connectivity index (χ3n) is 1.43. The van der Waals surface area contributed by atoms with E-state index in [0.29, 0.717) is 12.4 Å². The van der Waals surface area contributed by atoms with Crippen molar-refractivity contribution in [1.29, 1.82) is 0 Å². The normalized spacial score (nSPS) is 13.2. The van der Waals surface area contributed by atoms with Gasteiger partial charge in [0.2, 0.25) is 0 Å². The van der Waals surface area contributed by atoms with Gasteiger partial charge in [0.05, 0.1) is 12.7 Å². The zero-order valence-corrected chi connectivity index (χ0v) is 8.49. The Bertz CT molecular complexity index is 254. The molecule has 0 aliphatic heterocycles. The molecule has 0 aromatic carbocycles. The number of hydrogen-bond donors (Lipinski definition) is 1. The van der Waals surface area contributed by atoms with Crippen LogP contribution in [0.4, 0.5) is 0 Å². The van der Waals surface area contributed by atoms with Gasteiger partial charge in [0.25, 0.3) is 0 Å². The van der Waals surface area contributed by atoms with E-state index in [-0.39, 0.29) is 0 Å². The van der Waals surface area contributed by atoms with Crippen LogP contribution >= 0.6 is 11.8 Å². The van der Waals surface area contributed by atoms with Crippen molar-refractivity contribution in [3.05, 3.63) is 6.33 Å². The van der Waals surface area contributed by atoms with Gasteiger partial charge in [-0.05, 0) is 0 Å². The largest absolute Gasteiger partial charge is 0.390 e. The molecule has 1 N–H and O–H groups in total. The Balaban J connectivity index is 2.30. The van der Waals surface area contributed by atoms with Crippen molar-refractivity contribution in [2.45, 2.75) is 11.3 Å². The highest BCUT2D eigenvalue weighted by Gasteiger charge is 2.07. The number of aromatic nitrogens is 3. The van der Waals surface area contributed by atoms with Crippen LogP contribution in [-0.2, 0) is 11.8 Å². The molecular formula is C7H13N3O2S. The van der Waals surface area contributed by atoms with Crippen LogP contribution < -0.4 is 0 Å². The van der Waals surface area contributed by atoms with Gasteiger partial charge in [0, 0.05) is 19.9 Å². The second-order valence-electron chi connectivity index (χ2n) is 2.59. The zero-order chi connectivity index (χ0) is 9.68. The lowest BCUT2D eigenvalue weighted by molar-refractivity contribution is 0.0793. The Hall–Kier alpha value is -0.590. The molecule has 6 heteroatoms. The second-order valence-corrected chi connectivity index (χ2v) is 3.57.